The number of thioether (sulfide) groups is 1. The summed E-state index contributed by atoms with van der Waals surface area (Å²) < 4.78 is 0. The van der Waals surface area contributed by atoms with Crippen molar-refractivity contribution in [2.75, 3.05) is 41.0 Å². The summed E-state index contributed by atoms with van der Waals surface area (Å²) in [6.07, 6.45) is -0.249. The van der Waals surface area contributed by atoms with Crippen LogP contribution in [0.2, 0.25) is 0 Å². The number of aliphatic imine (C=N–C) groups is 1. The highest BCUT2D eigenvalue weighted by molar-refractivity contribution is 8.14. The number of likely N-dealkylation sites (N-methyl/N-ethyl adjacent to an activating group) is 3. The van der Waals surface area contributed by atoms with Crippen LogP contribution in [-0.2, 0) is 9.59 Å². The lowest BCUT2D eigenvalue weighted by Crippen LogP contribution is -2.52. The second kappa shape index (κ2) is 8.65. The summed E-state index contributed by atoms with van der Waals surface area (Å²) in [5, 5.41) is 14.0. The highest BCUT2D eigenvalue weighted by Crippen LogP contribution is 2.26. The molecule has 0 aromatic heterocycles. The Morgan fingerprint density at radius 3 is 2.48 bits per heavy atom. The monoisotopic (exact) mass is 344 g/mol. The number of aliphatic hydroxyl groups is 1. The van der Waals surface area contributed by atoms with Crippen LogP contribution >= 0.6 is 11.8 Å². The van der Waals surface area contributed by atoms with Crippen LogP contribution in [-0.4, -0.2) is 90.9 Å². The number of carbonyl (C=O) groups is 2. The highest BCUT2D eigenvalue weighted by atomic mass is 32.2. The third-order valence-electron chi connectivity index (χ3n) is 3.91. The summed E-state index contributed by atoms with van der Waals surface area (Å²) >= 11 is 1.55. The van der Waals surface area contributed by atoms with Gasteiger partial charge in [0.05, 0.1) is 11.1 Å². The minimum Gasteiger partial charge on any atom is -0.391 e. The molecule has 0 fully saturated rings. The molecular formula is C15H28N4O3S. The van der Waals surface area contributed by atoms with Crippen molar-refractivity contribution < 1.29 is 14.7 Å². The smallest absolute Gasteiger partial charge is 0.247 e. The Morgan fingerprint density at radius 1 is 1.39 bits per heavy atom. The van der Waals surface area contributed by atoms with E-state index >= 15 is 0 Å². The Bertz CT molecular complexity index is 468. The first kappa shape index (κ1) is 19.9. The molecule has 0 saturated carbocycles. The maximum atomic E-state index is 12.0. The number of aliphatic hydroxyl groups excluding tert-OH is 1. The van der Waals surface area contributed by atoms with Crippen LogP contribution in [0.25, 0.3) is 0 Å². The minimum absolute atomic E-state index is 0.00256. The molecule has 1 heterocycles. The molecule has 0 aromatic rings. The predicted octanol–water partition coefficient (Wildman–Crippen LogP) is -0.348. The van der Waals surface area contributed by atoms with E-state index in [0.717, 1.165) is 5.04 Å². The van der Waals surface area contributed by atoms with E-state index < -0.39 is 12.1 Å². The standard InChI is InChI=1S/C15H28N4O3S/c1-9(13(20)12(18(3)4)14(21)16-2)7-11-17-10(8-23-11)15(22)19(5)6/h9-10,12-13,20H,7-8H2,1-6H3,(H,16,21)/t9-,10?,12+,13-/m1/s1. The first-order chi connectivity index (χ1) is 10.7. The fourth-order valence-electron chi connectivity index (χ4n) is 2.51. The van der Waals surface area contributed by atoms with E-state index in [1.165, 1.54) is 0 Å². The first-order valence-electron chi connectivity index (χ1n) is 7.65. The number of amides is 2. The van der Waals surface area contributed by atoms with E-state index in [0.29, 0.717) is 12.2 Å². The molecule has 23 heavy (non-hydrogen) atoms. The van der Waals surface area contributed by atoms with E-state index in [1.807, 2.05) is 6.92 Å². The van der Waals surface area contributed by atoms with Crippen LogP contribution in [0.4, 0.5) is 0 Å². The summed E-state index contributed by atoms with van der Waals surface area (Å²) in [4.78, 5) is 31.6. The minimum atomic E-state index is -0.808. The van der Waals surface area contributed by atoms with E-state index in [9.17, 15) is 14.7 Å². The van der Waals surface area contributed by atoms with Gasteiger partial charge in [0.2, 0.25) is 11.8 Å². The van der Waals surface area contributed by atoms with Gasteiger partial charge in [-0.3, -0.25) is 19.5 Å². The second-order valence-electron chi connectivity index (χ2n) is 6.28. The molecule has 4 atom stereocenters. The Labute approximate surface area is 142 Å². The Morgan fingerprint density at radius 2 is 2.00 bits per heavy atom. The van der Waals surface area contributed by atoms with Crippen LogP contribution in [0.5, 0.6) is 0 Å². The molecule has 0 spiro atoms. The molecule has 1 aliphatic rings. The number of carbonyl (C=O) groups excluding carboxylic acids is 2. The lowest BCUT2D eigenvalue weighted by molar-refractivity contribution is -0.130. The van der Waals surface area contributed by atoms with Gasteiger partial charge in [-0.25, -0.2) is 0 Å². The van der Waals surface area contributed by atoms with Gasteiger partial charge >= 0.3 is 0 Å². The molecule has 1 aliphatic heterocycles. The van der Waals surface area contributed by atoms with Crippen LogP contribution in [0.3, 0.4) is 0 Å². The molecule has 7 nitrogen and oxygen atoms in total. The number of hydrogen-bond donors (Lipinski definition) is 2. The topological polar surface area (TPSA) is 85.2 Å². The van der Waals surface area contributed by atoms with Gasteiger partial charge in [0, 0.05) is 33.3 Å². The maximum absolute atomic E-state index is 12.0. The quantitative estimate of drug-likeness (QED) is 0.659. The average molecular weight is 344 g/mol. The van der Waals surface area contributed by atoms with Crippen molar-refractivity contribution in [3.8, 4) is 0 Å². The largest absolute Gasteiger partial charge is 0.391 e. The normalized spacial score (nSPS) is 21.6. The maximum Gasteiger partial charge on any atom is 0.247 e. The van der Waals surface area contributed by atoms with E-state index in [4.69, 9.17) is 0 Å². The Balaban J connectivity index is 2.71. The zero-order valence-electron chi connectivity index (χ0n) is 14.7. The van der Waals surface area contributed by atoms with Crippen LogP contribution in [0, 0.1) is 5.92 Å². The SMILES string of the molecule is CNC(=O)[C@H]([C@H](O)[C@H](C)CC1=NC(C(=O)N(C)C)CS1)N(C)C. The van der Waals surface area contributed by atoms with Crippen molar-refractivity contribution >= 4 is 28.6 Å². The fourth-order valence-corrected chi connectivity index (χ4v) is 3.66. The van der Waals surface area contributed by atoms with Crippen LogP contribution < -0.4 is 5.32 Å². The lowest BCUT2D eigenvalue weighted by atomic mass is 9.94. The summed E-state index contributed by atoms with van der Waals surface area (Å²) in [6.45, 7) is 1.90. The molecule has 2 amide bonds. The van der Waals surface area contributed by atoms with E-state index in [1.54, 1.807) is 56.8 Å². The van der Waals surface area contributed by atoms with Gasteiger partial charge < -0.3 is 15.3 Å². The van der Waals surface area contributed by atoms with Crippen molar-refractivity contribution in [3.63, 3.8) is 0 Å². The van der Waals surface area contributed by atoms with Crippen molar-refractivity contribution in [2.24, 2.45) is 10.9 Å². The second-order valence-corrected chi connectivity index (χ2v) is 7.37. The summed E-state index contributed by atoms with van der Waals surface area (Å²) in [5.74, 6) is 0.286. The lowest BCUT2D eigenvalue weighted by Gasteiger charge is -2.31. The molecule has 0 aromatic carbocycles. The van der Waals surface area contributed by atoms with Gasteiger partial charge in [-0.15, -0.1) is 11.8 Å². The van der Waals surface area contributed by atoms with Crippen molar-refractivity contribution in [1.82, 2.24) is 15.1 Å². The van der Waals surface area contributed by atoms with Crippen LogP contribution in [0.1, 0.15) is 13.3 Å². The first-order valence-corrected chi connectivity index (χ1v) is 8.64. The van der Waals surface area contributed by atoms with Crippen molar-refractivity contribution in [1.29, 1.82) is 0 Å². The molecule has 1 rings (SSSR count). The molecular weight excluding hydrogens is 316 g/mol. The van der Waals surface area contributed by atoms with Gasteiger partial charge in [-0.2, -0.15) is 0 Å². The zero-order valence-corrected chi connectivity index (χ0v) is 15.6. The van der Waals surface area contributed by atoms with E-state index in [2.05, 4.69) is 10.3 Å². The third-order valence-corrected chi connectivity index (χ3v) is 5.00. The highest BCUT2D eigenvalue weighted by Gasteiger charge is 2.34. The van der Waals surface area contributed by atoms with Crippen molar-refractivity contribution in [3.05, 3.63) is 0 Å². The number of hydrogen-bond acceptors (Lipinski definition) is 6. The van der Waals surface area contributed by atoms with E-state index in [-0.39, 0.29) is 23.8 Å². The molecule has 2 N–H and O–H groups in total. The molecule has 0 saturated heterocycles. The zero-order chi connectivity index (χ0) is 17.7. The predicted molar refractivity (Wildman–Crippen MR) is 93.7 cm³/mol. The summed E-state index contributed by atoms with van der Waals surface area (Å²) in [7, 11) is 8.54. The third kappa shape index (κ3) is 5.19. The van der Waals surface area contributed by atoms with Gasteiger partial charge in [0.1, 0.15) is 12.1 Å². The molecule has 1 unspecified atom stereocenters. The molecule has 0 radical (unpaired) electrons. The fraction of sp³-hybridized carbons (Fsp3) is 0.800. The number of rotatable bonds is 7. The molecule has 132 valence electrons. The van der Waals surface area contributed by atoms with Gasteiger partial charge in [-0.1, -0.05) is 6.92 Å². The van der Waals surface area contributed by atoms with Crippen LogP contribution in [0.15, 0.2) is 4.99 Å². The van der Waals surface area contributed by atoms with Gasteiger partial charge in [-0.05, 0) is 20.0 Å². The summed E-state index contributed by atoms with van der Waals surface area (Å²) in [5.41, 5.74) is 0. The van der Waals surface area contributed by atoms with Gasteiger partial charge in [0.15, 0.2) is 0 Å². The van der Waals surface area contributed by atoms with Gasteiger partial charge in [0.25, 0.3) is 0 Å². The Kier molecular flexibility index (Phi) is 7.50. The molecule has 0 aliphatic carbocycles. The number of nitrogens with zero attached hydrogens (tertiary/aromatic N) is 3. The number of nitrogens with one attached hydrogen (secondary N) is 1. The molecule has 0 bridgehead atoms. The average Bonchev–Trinajstić information content (AvgIpc) is 2.93. The summed E-state index contributed by atoms with van der Waals surface area (Å²) in [6, 6.07) is -0.945. The Hall–Kier alpha value is -1.12. The van der Waals surface area contributed by atoms with Crippen molar-refractivity contribution in [2.45, 2.75) is 31.5 Å². The molecule has 8 heteroatoms.